The van der Waals surface area contributed by atoms with E-state index in [1.54, 1.807) is 5.57 Å². The molecule has 0 heterocycles. The summed E-state index contributed by atoms with van der Waals surface area (Å²) >= 11 is 0. The van der Waals surface area contributed by atoms with Gasteiger partial charge in [-0.25, -0.2) is 0 Å². The summed E-state index contributed by atoms with van der Waals surface area (Å²) in [5, 5.41) is 10.1. The van der Waals surface area contributed by atoms with E-state index in [0.29, 0.717) is 10.8 Å². The van der Waals surface area contributed by atoms with E-state index in [2.05, 4.69) is 26.8 Å². The van der Waals surface area contributed by atoms with Crippen molar-refractivity contribution in [3.63, 3.8) is 0 Å². The number of aliphatic hydroxyl groups is 1. The van der Waals surface area contributed by atoms with Crippen molar-refractivity contribution < 1.29 is 5.11 Å². The van der Waals surface area contributed by atoms with Crippen molar-refractivity contribution in [1.82, 2.24) is 0 Å². The number of hydrogen-bond acceptors (Lipinski definition) is 1. The van der Waals surface area contributed by atoms with E-state index in [9.17, 15) is 5.11 Å². The molecule has 0 saturated heterocycles. The van der Waals surface area contributed by atoms with Crippen molar-refractivity contribution in [2.75, 3.05) is 0 Å². The van der Waals surface area contributed by atoms with Crippen LogP contribution in [0.4, 0.5) is 0 Å². The Hall–Kier alpha value is -0.300. The van der Waals surface area contributed by atoms with Crippen LogP contribution in [0.5, 0.6) is 0 Å². The van der Waals surface area contributed by atoms with Gasteiger partial charge in [0.05, 0.1) is 6.10 Å². The molecule has 4 aliphatic carbocycles. The highest BCUT2D eigenvalue weighted by atomic mass is 16.3. The van der Waals surface area contributed by atoms with Crippen LogP contribution in [-0.2, 0) is 0 Å². The molecule has 0 amide bonds. The SMILES string of the molecule is C/C=C1/CC[C@@H]2[C@@H]3CC[C@@H]4C[C@H](O)CC[C@]4(C)[C@H]3CC[C@]12C. The van der Waals surface area contributed by atoms with Gasteiger partial charge in [-0.15, -0.1) is 0 Å². The van der Waals surface area contributed by atoms with E-state index in [1.165, 1.54) is 44.9 Å². The van der Waals surface area contributed by atoms with Gasteiger partial charge in [-0.05, 0) is 99.2 Å². The van der Waals surface area contributed by atoms with Crippen LogP contribution in [0.1, 0.15) is 78.6 Å². The molecule has 4 rings (SSSR count). The molecule has 0 bridgehead atoms. The number of aliphatic hydroxyl groups excluding tert-OH is 1. The molecule has 124 valence electrons. The largest absolute Gasteiger partial charge is 0.393 e. The summed E-state index contributed by atoms with van der Waals surface area (Å²) in [5.41, 5.74) is 2.82. The Kier molecular flexibility index (Phi) is 3.53. The second-order valence-electron chi connectivity index (χ2n) is 9.39. The van der Waals surface area contributed by atoms with E-state index in [-0.39, 0.29) is 6.10 Å². The van der Waals surface area contributed by atoms with E-state index >= 15 is 0 Å². The van der Waals surface area contributed by atoms with Crippen molar-refractivity contribution >= 4 is 0 Å². The first kappa shape index (κ1) is 15.2. The smallest absolute Gasteiger partial charge is 0.0543 e. The number of hydrogen-bond donors (Lipinski definition) is 1. The molecule has 4 aliphatic rings. The van der Waals surface area contributed by atoms with Gasteiger partial charge in [-0.2, -0.15) is 0 Å². The first-order valence-electron chi connectivity index (χ1n) is 9.83. The Morgan fingerprint density at radius 3 is 2.59 bits per heavy atom. The Labute approximate surface area is 136 Å². The summed E-state index contributed by atoms with van der Waals surface area (Å²) in [7, 11) is 0. The fraction of sp³-hybridized carbons (Fsp3) is 0.905. The summed E-state index contributed by atoms with van der Waals surface area (Å²) in [6, 6.07) is 0. The molecule has 0 aromatic heterocycles. The minimum absolute atomic E-state index is 0.00964. The normalized spacial score (nSPS) is 56.4. The second-order valence-corrected chi connectivity index (χ2v) is 9.39. The summed E-state index contributed by atoms with van der Waals surface area (Å²) in [6.07, 6.45) is 14.3. The first-order valence-corrected chi connectivity index (χ1v) is 9.83. The summed E-state index contributed by atoms with van der Waals surface area (Å²) in [6.45, 7) is 7.43. The molecule has 0 aliphatic heterocycles. The molecule has 0 aromatic carbocycles. The monoisotopic (exact) mass is 302 g/mol. The number of rotatable bonds is 0. The molecule has 0 aromatic rings. The number of fused-ring (bicyclic) bond motifs is 5. The average molecular weight is 303 g/mol. The molecule has 0 unspecified atom stereocenters. The van der Waals surface area contributed by atoms with Gasteiger partial charge in [0.1, 0.15) is 0 Å². The zero-order valence-corrected chi connectivity index (χ0v) is 14.8. The quantitative estimate of drug-likeness (QED) is 0.599. The van der Waals surface area contributed by atoms with Gasteiger partial charge < -0.3 is 5.11 Å². The van der Waals surface area contributed by atoms with Crippen LogP contribution in [0.15, 0.2) is 11.6 Å². The topological polar surface area (TPSA) is 20.2 Å². The minimum Gasteiger partial charge on any atom is -0.393 e. The third kappa shape index (κ3) is 1.93. The van der Waals surface area contributed by atoms with Crippen molar-refractivity contribution in [2.24, 2.45) is 34.5 Å². The maximum atomic E-state index is 10.1. The van der Waals surface area contributed by atoms with Gasteiger partial charge in [-0.3, -0.25) is 0 Å². The Balaban J connectivity index is 1.63. The fourth-order valence-corrected chi connectivity index (χ4v) is 7.56. The van der Waals surface area contributed by atoms with E-state index in [1.807, 2.05) is 0 Å². The highest BCUT2D eigenvalue weighted by Crippen LogP contribution is 2.67. The molecule has 22 heavy (non-hydrogen) atoms. The van der Waals surface area contributed by atoms with Crippen LogP contribution in [0.2, 0.25) is 0 Å². The molecule has 0 radical (unpaired) electrons. The highest BCUT2D eigenvalue weighted by Gasteiger charge is 2.58. The predicted molar refractivity (Wildman–Crippen MR) is 91.5 cm³/mol. The Bertz CT molecular complexity index is 480. The third-order valence-corrected chi connectivity index (χ3v) is 8.83. The first-order chi connectivity index (χ1) is 10.5. The van der Waals surface area contributed by atoms with Crippen molar-refractivity contribution in [3.8, 4) is 0 Å². The standard InChI is InChI=1S/C21H34O/c1-4-14-6-8-18-17-7-5-15-13-16(22)9-11-21(15,3)19(17)10-12-20(14,18)2/h4,15-19,22H,5-13H2,1-3H3/b14-4-/t15-,16-,17+,18-,19+,20-,21+/m1/s1. The molecular formula is C21H34O. The lowest BCUT2D eigenvalue weighted by atomic mass is 9.45. The van der Waals surface area contributed by atoms with Crippen LogP contribution in [0.3, 0.4) is 0 Å². The van der Waals surface area contributed by atoms with Gasteiger partial charge in [-0.1, -0.05) is 25.5 Å². The van der Waals surface area contributed by atoms with Crippen LogP contribution in [0.25, 0.3) is 0 Å². The van der Waals surface area contributed by atoms with Gasteiger partial charge in [0.25, 0.3) is 0 Å². The lowest BCUT2D eigenvalue weighted by molar-refractivity contribution is -0.116. The Morgan fingerprint density at radius 1 is 1.00 bits per heavy atom. The number of allylic oxidation sites excluding steroid dienone is 2. The summed E-state index contributed by atoms with van der Waals surface area (Å²) in [5.74, 6) is 3.65. The van der Waals surface area contributed by atoms with Crippen LogP contribution >= 0.6 is 0 Å². The zero-order valence-electron chi connectivity index (χ0n) is 14.8. The molecule has 4 saturated carbocycles. The van der Waals surface area contributed by atoms with E-state index in [0.717, 1.165) is 36.5 Å². The average Bonchev–Trinajstić information content (AvgIpc) is 2.84. The van der Waals surface area contributed by atoms with Crippen molar-refractivity contribution in [2.45, 2.75) is 84.7 Å². The molecule has 0 spiro atoms. The Morgan fingerprint density at radius 2 is 1.82 bits per heavy atom. The van der Waals surface area contributed by atoms with Crippen molar-refractivity contribution in [3.05, 3.63) is 11.6 Å². The van der Waals surface area contributed by atoms with Gasteiger partial charge in [0, 0.05) is 0 Å². The van der Waals surface area contributed by atoms with E-state index in [4.69, 9.17) is 0 Å². The molecule has 7 atom stereocenters. The third-order valence-electron chi connectivity index (χ3n) is 8.83. The molecule has 1 nitrogen and oxygen atoms in total. The van der Waals surface area contributed by atoms with Crippen LogP contribution < -0.4 is 0 Å². The van der Waals surface area contributed by atoms with Crippen LogP contribution in [0, 0.1) is 34.5 Å². The zero-order chi connectivity index (χ0) is 15.5. The molecular weight excluding hydrogens is 268 g/mol. The highest BCUT2D eigenvalue weighted by molar-refractivity contribution is 5.23. The second kappa shape index (κ2) is 5.10. The summed E-state index contributed by atoms with van der Waals surface area (Å²) < 4.78 is 0. The summed E-state index contributed by atoms with van der Waals surface area (Å²) in [4.78, 5) is 0. The maximum absolute atomic E-state index is 10.1. The van der Waals surface area contributed by atoms with Crippen LogP contribution in [-0.4, -0.2) is 11.2 Å². The van der Waals surface area contributed by atoms with Gasteiger partial charge in [0.2, 0.25) is 0 Å². The van der Waals surface area contributed by atoms with Gasteiger partial charge >= 0.3 is 0 Å². The lowest BCUT2D eigenvalue weighted by Gasteiger charge is -2.60. The predicted octanol–water partition coefficient (Wildman–Crippen LogP) is 5.34. The minimum atomic E-state index is -0.00964. The van der Waals surface area contributed by atoms with Crippen molar-refractivity contribution in [1.29, 1.82) is 0 Å². The molecule has 1 heteroatoms. The molecule has 4 fully saturated rings. The van der Waals surface area contributed by atoms with Gasteiger partial charge in [0.15, 0.2) is 0 Å². The fourth-order valence-electron chi connectivity index (χ4n) is 7.56. The molecule has 1 N–H and O–H groups in total. The maximum Gasteiger partial charge on any atom is 0.0543 e. The lowest BCUT2D eigenvalue weighted by Crippen LogP contribution is -2.53. The van der Waals surface area contributed by atoms with E-state index < -0.39 is 0 Å².